The van der Waals surface area contributed by atoms with Gasteiger partial charge in [-0.2, -0.15) is 0 Å². The van der Waals surface area contributed by atoms with E-state index in [1.54, 1.807) is 18.2 Å². The molecule has 5 aromatic rings. The van der Waals surface area contributed by atoms with Gasteiger partial charge in [0.25, 0.3) is 10.0 Å². The highest BCUT2D eigenvalue weighted by atomic mass is 32.2. The molecule has 5 aromatic carbocycles. The second-order valence-electron chi connectivity index (χ2n) is 8.63. The van der Waals surface area contributed by atoms with Gasteiger partial charge in [0.2, 0.25) is 0 Å². The zero-order valence-corrected chi connectivity index (χ0v) is 21.0. The average Bonchev–Trinajstić information content (AvgIpc) is 2.92. The minimum atomic E-state index is -3.73. The molecule has 0 atom stereocenters. The Morgan fingerprint density at radius 2 is 1.08 bits per heavy atom. The first kappa shape index (κ1) is 23.5. The van der Waals surface area contributed by atoms with Crippen LogP contribution < -0.4 is 14.5 Å². The fourth-order valence-corrected chi connectivity index (χ4v) is 5.26. The summed E-state index contributed by atoms with van der Waals surface area (Å²) in [5.41, 5.74) is 4.57. The SMILES string of the molecule is CN(c1ccccc1)c1ccc(N(C)c2cccc(NS(=O)(=O)c3ccc4ccccc4c3)c2)cc1. The monoisotopic (exact) mass is 493 g/mol. The molecule has 0 radical (unpaired) electrons. The summed E-state index contributed by atoms with van der Waals surface area (Å²) in [6.45, 7) is 0. The second kappa shape index (κ2) is 9.76. The summed E-state index contributed by atoms with van der Waals surface area (Å²) >= 11 is 0. The fourth-order valence-electron chi connectivity index (χ4n) is 4.18. The number of para-hydroxylation sites is 1. The van der Waals surface area contributed by atoms with Crippen molar-refractivity contribution in [2.45, 2.75) is 4.90 Å². The molecule has 36 heavy (non-hydrogen) atoms. The lowest BCUT2D eigenvalue weighted by molar-refractivity contribution is 0.601. The van der Waals surface area contributed by atoms with Crippen molar-refractivity contribution >= 4 is 49.2 Å². The molecule has 6 heteroatoms. The first-order valence-electron chi connectivity index (χ1n) is 11.6. The van der Waals surface area contributed by atoms with Crippen molar-refractivity contribution in [2.24, 2.45) is 0 Å². The third kappa shape index (κ3) is 4.90. The number of sulfonamides is 1. The van der Waals surface area contributed by atoms with E-state index in [9.17, 15) is 8.42 Å². The van der Waals surface area contributed by atoms with E-state index in [0.717, 1.165) is 33.5 Å². The first-order valence-corrected chi connectivity index (χ1v) is 13.1. The molecule has 1 N–H and O–H groups in total. The van der Waals surface area contributed by atoms with Gasteiger partial charge in [-0.05, 0) is 77.5 Å². The minimum Gasteiger partial charge on any atom is -0.345 e. The van der Waals surface area contributed by atoms with E-state index in [2.05, 4.69) is 46.0 Å². The van der Waals surface area contributed by atoms with Gasteiger partial charge in [0.05, 0.1) is 10.6 Å². The van der Waals surface area contributed by atoms with Crippen molar-refractivity contribution in [1.82, 2.24) is 0 Å². The Bertz CT molecular complexity index is 1600. The van der Waals surface area contributed by atoms with Crippen molar-refractivity contribution < 1.29 is 8.42 Å². The number of fused-ring (bicyclic) bond motifs is 1. The first-order chi connectivity index (χ1) is 17.4. The summed E-state index contributed by atoms with van der Waals surface area (Å²) in [6, 6.07) is 38.7. The lowest BCUT2D eigenvalue weighted by atomic mass is 10.1. The highest BCUT2D eigenvalue weighted by Gasteiger charge is 2.16. The minimum absolute atomic E-state index is 0.234. The van der Waals surface area contributed by atoms with Crippen molar-refractivity contribution in [3.8, 4) is 0 Å². The van der Waals surface area contributed by atoms with Crippen LogP contribution in [0.3, 0.4) is 0 Å². The third-order valence-corrected chi connectivity index (χ3v) is 7.66. The summed E-state index contributed by atoms with van der Waals surface area (Å²) in [4.78, 5) is 4.39. The molecule has 0 aliphatic carbocycles. The largest absolute Gasteiger partial charge is 0.345 e. The summed E-state index contributed by atoms with van der Waals surface area (Å²) in [7, 11) is 0.279. The van der Waals surface area contributed by atoms with E-state index in [0.29, 0.717) is 5.69 Å². The van der Waals surface area contributed by atoms with Crippen LogP contribution in [0, 0.1) is 0 Å². The number of hydrogen-bond donors (Lipinski definition) is 1. The van der Waals surface area contributed by atoms with Crippen LogP contribution in [0.1, 0.15) is 0 Å². The van der Waals surface area contributed by atoms with Gasteiger partial charge in [-0.1, -0.05) is 54.6 Å². The van der Waals surface area contributed by atoms with E-state index in [-0.39, 0.29) is 4.90 Å². The number of nitrogens with one attached hydrogen (secondary N) is 1. The molecule has 0 saturated heterocycles. The van der Waals surface area contributed by atoms with Crippen LogP contribution in [0.15, 0.2) is 126 Å². The molecular weight excluding hydrogens is 466 g/mol. The molecule has 180 valence electrons. The molecule has 0 amide bonds. The fraction of sp³-hybridized carbons (Fsp3) is 0.0667. The molecule has 5 nitrogen and oxygen atoms in total. The second-order valence-corrected chi connectivity index (χ2v) is 10.3. The molecule has 0 fully saturated rings. The van der Waals surface area contributed by atoms with Crippen molar-refractivity contribution in [3.05, 3.63) is 121 Å². The Balaban J connectivity index is 1.34. The molecule has 5 rings (SSSR count). The van der Waals surface area contributed by atoms with Gasteiger partial charge in [-0.3, -0.25) is 4.72 Å². The molecule has 0 spiro atoms. The molecule has 0 aliphatic heterocycles. The predicted molar refractivity (Wildman–Crippen MR) is 150 cm³/mol. The molecule has 0 saturated carbocycles. The van der Waals surface area contributed by atoms with Gasteiger partial charge < -0.3 is 9.80 Å². The standard InChI is InChI=1S/C30H27N3O2S/c1-32(26-12-4-3-5-13-26)27-16-18-28(19-17-27)33(2)29-14-8-11-25(22-29)31-36(34,35)30-20-15-23-9-6-7-10-24(23)21-30/h3-22,31H,1-2H3. The van der Waals surface area contributed by atoms with E-state index >= 15 is 0 Å². The molecule has 0 heterocycles. The highest BCUT2D eigenvalue weighted by Crippen LogP contribution is 2.30. The van der Waals surface area contributed by atoms with Crippen LogP contribution in [0.25, 0.3) is 10.8 Å². The lowest BCUT2D eigenvalue weighted by Crippen LogP contribution is -2.14. The van der Waals surface area contributed by atoms with Crippen molar-refractivity contribution in [2.75, 3.05) is 28.6 Å². The van der Waals surface area contributed by atoms with Crippen LogP contribution in [0.4, 0.5) is 28.4 Å². The van der Waals surface area contributed by atoms with E-state index in [4.69, 9.17) is 0 Å². The Kier molecular flexibility index (Phi) is 6.36. The van der Waals surface area contributed by atoms with Gasteiger partial charge in [-0.25, -0.2) is 8.42 Å². The Hall–Kier alpha value is -4.29. The quantitative estimate of drug-likeness (QED) is 0.261. The normalized spacial score (nSPS) is 11.3. The zero-order chi connectivity index (χ0) is 25.1. The van der Waals surface area contributed by atoms with Crippen LogP contribution in [0.2, 0.25) is 0 Å². The smallest absolute Gasteiger partial charge is 0.261 e. The Morgan fingerprint density at radius 1 is 0.528 bits per heavy atom. The maximum absolute atomic E-state index is 13.1. The van der Waals surface area contributed by atoms with Gasteiger partial charge in [0.1, 0.15) is 0 Å². The maximum atomic E-state index is 13.1. The van der Waals surface area contributed by atoms with Crippen molar-refractivity contribution in [1.29, 1.82) is 0 Å². The van der Waals surface area contributed by atoms with Crippen LogP contribution in [0.5, 0.6) is 0 Å². The molecule has 0 bridgehead atoms. The molecule has 0 aromatic heterocycles. The van der Waals surface area contributed by atoms with Gasteiger partial charge >= 0.3 is 0 Å². The van der Waals surface area contributed by atoms with Crippen LogP contribution in [-0.2, 0) is 10.0 Å². The zero-order valence-electron chi connectivity index (χ0n) is 20.2. The maximum Gasteiger partial charge on any atom is 0.261 e. The number of anilines is 5. The van der Waals surface area contributed by atoms with Crippen LogP contribution in [-0.4, -0.2) is 22.5 Å². The number of benzene rings is 5. The van der Waals surface area contributed by atoms with E-state index in [1.807, 2.05) is 85.7 Å². The Labute approximate surface area is 212 Å². The van der Waals surface area contributed by atoms with Gasteiger partial charge in [0, 0.05) is 36.8 Å². The lowest BCUT2D eigenvalue weighted by Gasteiger charge is -2.23. The summed E-state index contributed by atoms with van der Waals surface area (Å²) in [5.74, 6) is 0. The topological polar surface area (TPSA) is 52.6 Å². The Morgan fingerprint density at radius 3 is 1.78 bits per heavy atom. The number of nitrogens with zero attached hydrogens (tertiary/aromatic N) is 2. The highest BCUT2D eigenvalue weighted by molar-refractivity contribution is 7.92. The number of hydrogen-bond acceptors (Lipinski definition) is 4. The van der Waals surface area contributed by atoms with Crippen LogP contribution >= 0.6 is 0 Å². The summed E-state index contributed by atoms with van der Waals surface area (Å²) in [5, 5.41) is 1.89. The van der Waals surface area contributed by atoms with Gasteiger partial charge in [0.15, 0.2) is 0 Å². The third-order valence-electron chi connectivity index (χ3n) is 6.28. The average molecular weight is 494 g/mol. The van der Waals surface area contributed by atoms with Crippen molar-refractivity contribution in [3.63, 3.8) is 0 Å². The summed E-state index contributed by atoms with van der Waals surface area (Å²) < 4.78 is 28.9. The van der Waals surface area contributed by atoms with E-state index in [1.165, 1.54) is 0 Å². The molecule has 0 unspecified atom stereocenters. The predicted octanol–water partition coefficient (Wildman–Crippen LogP) is 7.18. The molecular formula is C30H27N3O2S. The molecule has 0 aliphatic rings. The van der Waals surface area contributed by atoms with E-state index < -0.39 is 10.0 Å². The number of rotatable bonds is 7. The van der Waals surface area contributed by atoms with Gasteiger partial charge in [-0.15, -0.1) is 0 Å². The summed E-state index contributed by atoms with van der Waals surface area (Å²) in [6.07, 6.45) is 0.